The van der Waals surface area contributed by atoms with E-state index in [0.717, 1.165) is 87.4 Å². The topological polar surface area (TPSA) is 67.0 Å². The lowest BCUT2D eigenvalue weighted by Gasteiger charge is -2.26. The molecule has 1 fully saturated rings. The van der Waals surface area contributed by atoms with Gasteiger partial charge >= 0.3 is 0 Å². The summed E-state index contributed by atoms with van der Waals surface area (Å²) >= 11 is 0. The number of aromatic nitrogens is 2. The quantitative estimate of drug-likeness (QED) is 0.405. The molecule has 1 aromatic carbocycles. The third kappa shape index (κ3) is 8.37. The van der Waals surface area contributed by atoms with Crippen molar-refractivity contribution in [3.8, 4) is 0 Å². The molecular formula is C27H44N6O. The molecule has 0 radical (unpaired) electrons. The first-order valence-electron chi connectivity index (χ1n) is 12.6. The highest BCUT2D eigenvalue weighted by molar-refractivity contribution is 6.40. The highest BCUT2D eigenvalue weighted by atomic mass is 16.5. The average molecular weight is 469 g/mol. The van der Waals surface area contributed by atoms with Gasteiger partial charge in [-0.3, -0.25) is 14.9 Å². The van der Waals surface area contributed by atoms with Gasteiger partial charge in [0, 0.05) is 38.9 Å². The van der Waals surface area contributed by atoms with Crippen LogP contribution in [0.2, 0.25) is 0 Å². The van der Waals surface area contributed by atoms with Crippen LogP contribution < -0.4 is 5.32 Å². The first-order chi connectivity index (χ1) is 16.4. The molecule has 0 bridgehead atoms. The van der Waals surface area contributed by atoms with Crippen molar-refractivity contribution < 1.29 is 4.74 Å². The highest BCUT2D eigenvalue weighted by Crippen LogP contribution is 2.21. The van der Waals surface area contributed by atoms with Crippen LogP contribution in [0.5, 0.6) is 0 Å². The monoisotopic (exact) mass is 468 g/mol. The van der Waals surface area contributed by atoms with Crippen LogP contribution in [0.1, 0.15) is 53.5 Å². The number of benzene rings is 1. The normalized spacial score (nSPS) is 15.9. The lowest BCUT2D eigenvalue weighted by Crippen LogP contribution is -2.37. The summed E-state index contributed by atoms with van der Waals surface area (Å²) in [7, 11) is 1.78. The van der Waals surface area contributed by atoms with Crippen molar-refractivity contribution in [3.63, 3.8) is 0 Å². The van der Waals surface area contributed by atoms with Gasteiger partial charge in [-0.1, -0.05) is 19.1 Å². The molecule has 1 aliphatic rings. The number of imidazole rings is 1. The maximum absolute atomic E-state index is 5.39. The van der Waals surface area contributed by atoms with Crippen LogP contribution in [0, 0.1) is 0 Å². The van der Waals surface area contributed by atoms with Crippen LogP contribution in [0.15, 0.2) is 40.0 Å². The fourth-order valence-corrected chi connectivity index (χ4v) is 3.74. The number of nitrogens with one attached hydrogen (secondary N) is 1. The van der Waals surface area contributed by atoms with Crippen molar-refractivity contribution in [3.05, 3.63) is 35.5 Å². The standard InChI is InChI=1S/C18H28N4O.C9H16N2/c1-3-15-6-7-16-17(14-15)22(4-2)18(20-16)19-8-5-9-21-10-12-23-13-11-21;1-6-7(2)11-9(4)8(3)10-5/h6-7,14H,3-5,8-13H2,1-2H3,(H,19,20);6H,1-5H3/b;7-6+,10-8?,11-9?. The van der Waals surface area contributed by atoms with Crippen LogP contribution >= 0.6 is 0 Å². The Morgan fingerprint density at radius 1 is 1.15 bits per heavy atom. The molecule has 2 heterocycles. The number of anilines is 1. The van der Waals surface area contributed by atoms with Gasteiger partial charge in [0.25, 0.3) is 0 Å². The number of rotatable bonds is 9. The summed E-state index contributed by atoms with van der Waals surface area (Å²) in [6.07, 6.45) is 4.17. The Labute approximate surface area is 206 Å². The van der Waals surface area contributed by atoms with Gasteiger partial charge in [0.05, 0.1) is 35.7 Å². The van der Waals surface area contributed by atoms with Gasteiger partial charge in [-0.15, -0.1) is 0 Å². The van der Waals surface area contributed by atoms with Crippen LogP contribution in [0.4, 0.5) is 5.95 Å². The summed E-state index contributed by atoms with van der Waals surface area (Å²) in [6.45, 7) is 19.2. The fourth-order valence-electron chi connectivity index (χ4n) is 3.74. The van der Waals surface area contributed by atoms with Crippen molar-refractivity contribution in [2.45, 2.75) is 60.9 Å². The molecule has 0 unspecified atom stereocenters. The van der Waals surface area contributed by atoms with E-state index in [1.807, 2.05) is 33.8 Å². The van der Waals surface area contributed by atoms with Crippen LogP contribution in [0.3, 0.4) is 0 Å². The van der Waals surface area contributed by atoms with E-state index in [2.05, 4.69) is 56.8 Å². The zero-order valence-electron chi connectivity index (χ0n) is 22.3. The second-order valence-electron chi connectivity index (χ2n) is 8.53. The van der Waals surface area contributed by atoms with E-state index in [0.29, 0.717) is 0 Å². The number of aryl methyl sites for hydroxylation is 2. The van der Waals surface area contributed by atoms with Gasteiger partial charge in [0.15, 0.2) is 0 Å². The molecule has 0 aliphatic carbocycles. The lowest BCUT2D eigenvalue weighted by atomic mass is 10.1. The summed E-state index contributed by atoms with van der Waals surface area (Å²) in [6, 6.07) is 6.58. The third-order valence-electron chi connectivity index (χ3n) is 6.20. The predicted molar refractivity (Wildman–Crippen MR) is 147 cm³/mol. The summed E-state index contributed by atoms with van der Waals surface area (Å²) < 4.78 is 7.67. The Balaban J connectivity index is 0.000000316. The third-order valence-corrected chi connectivity index (χ3v) is 6.20. The van der Waals surface area contributed by atoms with E-state index in [-0.39, 0.29) is 0 Å². The molecule has 2 aromatic rings. The lowest BCUT2D eigenvalue weighted by molar-refractivity contribution is 0.0378. The minimum absolute atomic E-state index is 0.874. The predicted octanol–water partition coefficient (Wildman–Crippen LogP) is 5.21. The molecule has 7 nitrogen and oxygen atoms in total. The summed E-state index contributed by atoms with van der Waals surface area (Å²) in [5, 5.41) is 3.52. The summed E-state index contributed by atoms with van der Waals surface area (Å²) in [5.41, 5.74) is 6.70. The molecule has 0 saturated carbocycles. The molecule has 1 saturated heterocycles. The molecular weight excluding hydrogens is 424 g/mol. The van der Waals surface area contributed by atoms with E-state index >= 15 is 0 Å². The number of morpholine rings is 1. The van der Waals surface area contributed by atoms with Crippen molar-refractivity contribution in [2.75, 3.05) is 51.8 Å². The zero-order valence-corrected chi connectivity index (χ0v) is 22.3. The molecule has 0 amide bonds. The van der Waals surface area contributed by atoms with Gasteiger partial charge in [0.1, 0.15) is 0 Å². The van der Waals surface area contributed by atoms with E-state index < -0.39 is 0 Å². The van der Waals surface area contributed by atoms with Gasteiger partial charge in [-0.2, -0.15) is 0 Å². The summed E-state index contributed by atoms with van der Waals surface area (Å²) in [4.78, 5) is 15.6. The van der Waals surface area contributed by atoms with E-state index in [1.54, 1.807) is 7.05 Å². The summed E-state index contributed by atoms with van der Waals surface area (Å²) in [5.74, 6) is 0.998. The number of hydrogen-bond acceptors (Lipinski definition) is 6. The molecule has 0 atom stereocenters. The highest BCUT2D eigenvalue weighted by Gasteiger charge is 2.11. The van der Waals surface area contributed by atoms with Gasteiger partial charge in [0.2, 0.25) is 5.95 Å². The Bertz CT molecular complexity index is 982. The maximum Gasteiger partial charge on any atom is 0.203 e. The van der Waals surface area contributed by atoms with E-state index in [1.165, 1.54) is 11.1 Å². The minimum Gasteiger partial charge on any atom is -0.379 e. The van der Waals surface area contributed by atoms with Crippen LogP contribution in [-0.2, 0) is 17.7 Å². The molecule has 1 aromatic heterocycles. The van der Waals surface area contributed by atoms with E-state index in [9.17, 15) is 0 Å². The Hall–Kier alpha value is -2.51. The average Bonchev–Trinajstić information content (AvgIpc) is 3.23. The molecule has 0 spiro atoms. The van der Waals surface area contributed by atoms with Gasteiger partial charge < -0.3 is 14.6 Å². The first kappa shape index (κ1) is 27.7. The van der Waals surface area contributed by atoms with Crippen molar-refractivity contribution >= 4 is 28.4 Å². The number of nitrogens with zero attached hydrogens (tertiary/aromatic N) is 5. The molecule has 1 aliphatic heterocycles. The number of fused-ring (bicyclic) bond motifs is 1. The van der Waals surface area contributed by atoms with E-state index in [4.69, 9.17) is 9.72 Å². The Kier molecular flexibility index (Phi) is 12.0. The number of allylic oxidation sites excluding steroid dienone is 2. The number of ether oxygens (including phenoxy) is 1. The number of aliphatic imine (C=N–C) groups is 2. The molecule has 34 heavy (non-hydrogen) atoms. The smallest absolute Gasteiger partial charge is 0.203 e. The second kappa shape index (κ2) is 14.7. The minimum atomic E-state index is 0.874. The second-order valence-corrected chi connectivity index (χ2v) is 8.53. The SMILES string of the molecule is C/C=C(\C)N=C(C)C(C)=NC.CCc1ccc2nc(NCCCN3CCOCC3)n(CC)c2c1. The van der Waals surface area contributed by atoms with Crippen molar-refractivity contribution in [1.82, 2.24) is 14.5 Å². The Morgan fingerprint density at radius 3 is 2.50 bits per heavy atom. The molecule has 188 valence electrons. The van der Waals surface area contributed by atoms with Crippen molar-refractivity contribution in [1.29, 1.82) is 0 Å². The largest absolute Gasteiger partial charge is 0.379 e. The number of hydrogen-bond donors (Lipinski definition) is 1. The van der Waals surface area contributed by atoms with Gasteiger partial charge in [-0.05, 0) is 71.7 Å². The first-order valence-corrected chi connectivity index (χ1v) is 12.6. The van der Waals surface area contributed by atoms with Crippen molar-refractivity contribution in [2.24, 2.45) is 9.98 Å². The molecule has 7 heteroatoms. The fraction of sp³-hybridized carbons (Fsp3) is 0.593. The van der Waals surface area contributed by atoms with Gasteiger partial charge in [-0.25, -0.2) is 4.98 Å². The van der Waals surface area contributed by atoms with Crippen LogP contribution in [0.25, 0.3) is 11.0 Å². The molecule has 1 N–H and O–H groups in total. The zero-order chi connectivity index (χ0) is 24.9. The Morgan fingerprint density at radius 2 is 1.88 bits per heavy atom. The van der Waals surface area contributed by atoms with Crippen LogP contribution in [-0.4, -0.2) is 72.3 Å². The molecule has 3 rings (SSSR count). The maximum atomic E-state index is 5.39.